The summed E-state index contributed by atoms with van der Waals surface area (Å²) in [5.74, 6) is 0. The first kappa shape index (κ1) is 7.49. The van der Waals surface area contributed by atoms with Crippen molar-refractivity contribution in [2.75, 3.05) is 13.7 Å². The average Bonchev–Trinajstić information content (AvgIpc) is 2.02. The monoisotopic (exact) mass is 158 g/mol. The van der Waals surface area contributed by atoms with E-state index in [0.29, 0.717) is 6.17 Å². The van der Waals surface area contributed by atoms with Crippen molar-refractivity contribution in [3.05, 3.63) is 0 Å². The number of piperidine rings is 1. The van der Waals surface area contributed by atoms with Crippen molar-refractivity contribution in [2.45, 2.75) is 31.5 Å². The lowest BCUT2D eigenvalue weighted by Crippen LogP contribution is -2.80. The van der Waals surface area contributed by atoms with Gasteiger partial charge in [0.05, 0.1) is 6.17 Å². The van der Waals surface area contributed by atoms with Crippen LogP contribution in [0.15, 0.2) is 0 Å². The molecule has 2 unspecified atom stereocenters. The lowest BCUT2D eigenvalue weighted by atomic mass is 10.0. The Balaban J connectivity index is 2.00. The molecule has 2 atom stereocenters. The van der Waals surface area contributed by atoms with E-state index in [1.807, 2.05) is 4.90 Å². The second-order valence-corrected chi connectivity index (χ2v) is 3.16. The molecule has 0 aromatic heterocycles. The van der Waals surface area contributed by atoms with Crippen molar-refractivity contribution in [3.63, 3.8) is 0 Å². The maximum absolute atomic E-state index is 9.61. The molecule has 0 radical (unpaired) electrons. The fourth-order valence-electron chi connectivity index (χ4n) is 1.85. The minimum Gasteiger partial charge on any atom is -0.340 e. The summed E-state index contributed by atoms with van der Waals surface area (Å²) < 4.78 is 4.91. The first-order valence-electron chi connectivity index (χ1n) is 4.08. The zero-order valence-electron chi connectivity index (χ0n) is 6.71. The number of rotatable bonds is 1. The van der Waals surface area contributed by atoms with Gasteiger partial charge in [0, 0.05) is 13.7 Å². The van der Waals surface area contributed by atoms with Crippen LogP contribution < -0.4 is 5.32 Å². The third kappa shape index (κ3) is 0.980. The summed E-state index contributed by atoms with van der Waals surface area (Å²) >= 11 is 0. The third-order valence-corrected chi connectivity index (χ3v) is 2.53. The summed E-state index contributed by atoms with van der Waals surface area (Å²) in [5.41, 5.74) is 0. The Morgan fingerprint density at radius 3 is 3.09 bits per heavy atom. The molecule has 2 aliphatic heterocycles. The van der Waals surface area contributed by atoms with Gasteiger partial charge in [-0.05, 0) is 19.3 Å². The zero-order chi connectivity index (χ0) is 7.90. The van der Waals surface area contributed by atoms with Crippen molar-refractivity contribution in [1.82, 2.24) is 10.2 Å². The second kappa shape index (κ2) is 2.42. The Kier molecular flexibility index (Phi) is 1.64. The van der Waals surface area contributed by atoms with Gasteiger partial charge in [0.25, 0.3) is 6.03 Å². The van der Waals surface area contributed by atoms with E-state index >= 15 is 0 Å². The number of ether oxygens (including phenoxy) is 1. The molecule has 2 saturated heterocycles. The van der Waals surface area contributed by atoms with Gasteiger partial charge in [-0.1, -0.05) is 0 Å². The van der Waals surface area contributed by atoms with Crippen LogP contribution in [0.5, 0.6) is 0 Å². The Hall–Kier alpha value is -0.160. The summed E-state index contributed by atoms with van der Waals surface area (Å²) in [6.07, 6.45) is 3.86. The molecule has 2 heterocycles. The molecule has 0 aromatic carbocycles. The second-order valence-electron chi connectivity index (χ2n) is 3.16. The topological polar surface area (TPSA) is 44.7 Å². The fourth-order valence-corrected chi connectivity index (χ4v) is 1.85. The quantitative estimate of drug-likeness (QED) is 0.512. The van der Waals surface area contributed by atoms with Crippen molar-refractivity contribution in [1.29, 1.82) is 0 Å². The number of fused-ring (bicyclic) bond motifs is 1. The summed E-state index contributed by atoms with van der Waals surface area (Å²) in [6.45, 7) is 0.933. The van der Waals surface area contributed by atoms with Gasteiger partial charge >= 0.3 is 0 Å². The van der Waals surface area contributed by atoms with Crippen LogP contribution >= 0.6 is 0 Å². The molecule has 0 aromatic rings. The van der Waals surface area contributed by atoms with E-state index in [4.69, 9.17) is 4.74 Å². The molecule has 2 rings (SSSR count). The van der Waals surface area contributed by atoms with Gasteiger partial charge < -0.3 is 9.84 Å². The van der Waals surface area contributed by atoms with Crippen LogP contribution in [0.1, 0.15) is 19.3 Å². The van der Waals surface area contributed by atoms with Crippen LogP contribution in [0.3, 0.4) is 0 Å². The number of aliphatic hydroxyl groups is 1. The number of nitrogens with one attached hydrogen (secondary N) is 1. The molecular weight excluding hydrogens is 144 g/mol. The lowest BCUT2D eigenvalue weighted by Gasteiger charge is -2.55. The Morgan fingerprint density at radius 1 is 1.64 bits per heavy atom. The van der Waals surface area contributed by atoms with E-state index in [-0.39, 0.29) is 0 Å². The molecule has 0 amide bonds. The van der Waals surface area contributed by atoms with Crippen LogP contribution in [0.25, 0.3) is 0 Å². The summed E-state index contributed by atoms with van der Waals surface area (Å²) in [4.78, 5) is 1.95. The van der Waals surface area contributed by atoms with Gasteiger partial charge in [0.15, 0.2) is 0 Å². The van der Waals surface area contributed by atoms with Gasteiger partial charge in [0.2, 0.25) is 0 Å². The molecular formula is C7H14N2O2. The molecule has 64 valence electrons. The summed E-state index contributed by atoms with van der Waals surface area (Å²) in [5, 5.41) is 12.6. The molecule has 2 aliphatic rings. The van der Waals surface area contributed by atoms with Crippen LogP contribution in [0, 0.1) is 0 Å². The zero-order valence-corrected chi connectivity index (χ0v) is 6.71. The van der Waals surface area contributed by atoms with E-state index in [1.165, 1.54) is 13.5 Å². The highest BCUT2D eigenvalue weighted by Gasteiger charge is 2.51. The fraction of sp³-hybridized carbons (Fsp3) is 1.00. The summed E-state index contributed by atoms with van der Waals surface area (Å²) in [6, 6.07) is -1.16. The molecule has 0 aliphatic carbocycles. The van der Waals surface area contributed by atoms with Crippen molar-refractivity contribution in [3.8, 4) is 0 Å². The van der Waals surface area contributed by atoms with Crippen LogP contribution in [0.4, 0.5) is 0 Å². The normalized spacial score (nSPS) is 44.7. The summed E-state index contributed by atoms with van der Waals surface area (Å²) in [7, 11) is 1.51. The Bertz CT molecular complexity index is 165. The predicted molar refractivity (Wildman–Crippen MR) is 39.4 cm³/mol. The SMILES string of the molecule is COC1(O)NC2CCCCN21. The number of nitrogens with zero attached hydrogens (tertiary/aromatic N) is 1. The number of hydrogen-bond donors (Lipinski definition) is 2. The van der Waals surface area contributed by atoms with Gasteiger partial charge in [-0.2, -0.15) is 0 Å². The van der Waals surface area contributed by atoms with E-state index in [2.05, 4.69) is 5.32 Å². The molecule has 4 heteroatoms. The average molecular weight is 158 g/mol. The highest BCUT2D eigenvalue weighted by Crippen LogP contribution is 2.30. The van der Waals surface area contributed by atoms with Gasteiger partial charge in [-0.25, -0.2) is 10.2 Å². The predicted octanol–water partition coefficient (Wildman–Crippen LogP) is -0.348. The van der Waals surface area contributed by atoms with Crippen molar-refractivity contribution < 1.29 is 9.84 Å². The maximum atomic E-state index is 9.61. The Morgan fingerprint density at radius 2 is 2.45 bits per heavy atom. The lowest BCUT2D eigenvalue weighted by molar-refractivity contribution is -0.386. The molecule has 2 fully saturated rings. The first-order valence-corrected chi connectivity index (χ1v) is 4.08. The van der Waals surface area contributed by atoms with Gasteiger partial charge in [-0.15, -0.1) is 0 Å². The molecule has 11 heavy (non-hydrogen) atoms. The van der Waals surface area contributed by atoms with E-state index in [0.717, 1.165) is 19.4 Å². The van der Waals surface area contributed by atoms with E-state index < -0.39 is 6.03 Å². The minimum atomic E-state index is -1.16. The van der Waals surface area contributed by atoms with Gasteiger partial charge in [-0.3, -0.25) is 0 Å². The molecule has 0 spiro atoms. The smallest absolute Gasteiger partial charge is 0.294 e. The first-order chi connectivity index (χ1) is 5.26. The Labute approximate surface area is 66.1 Å². The highest BCUT2D eigenvalue weighted by atomic mass is 16.7. The number of hydrogen-bond acceptors (Lipinski definition) is 4. The molecule has 0 bridgehead atoms. The van der Waals surface area contributed by atoms with Crippen LogP contribution in [-0.4, -0.2) is 35.9 Å². The van der Waals surface area contributed by atoms with Crippen molar-refractivity contribution in [2.24, 2.45) is 0 Å². The maximum Gasteiger partial charge on any atom is 0.294 e. The van der Waals surface area contributed by atoms with Crippen LogP contribution in [0.2, 0.25) is 0 Å². The van der Waals surface area contributed by atoms with E-state index in [1.54, 1.807) is 0 Å². The number of methoxy groups -OCH3 is 1. The standard InChI is InChI=1S/C7H14N2O2/c1-11-7(10)8-6-4-2-3-5-9(6)7/h6,8,10H,2-5H2,1H3. The minimum absolute atomic E-state index is 0.341. The molecule has 4 nitrogen and oxygen atoms in total. The van der Waals surface area contributed by atoms with Crippen LogP contribution in [-0.2, 0) is 4.74 Å². The molecule has 2 N–H and O–H groups in total. The third-order valence-electron chi connectivity index (χ3n) is 2.53. The highest BCUT2D eigenvalue weighted by molar-refractivity contribution is 4.90. The largest absolute Gasteiger partial charge is 0.340 e. The molecule has 0 saturated carbocycles. The van der Waals surface area contributed by atoms with E-state index in [9.17, 15) is 5.11 Å². The van der Waals surface area contributed by atoms with Crippen molar-refractivity contribution >= 4 is 0 Å². The van der Waals surface area contributed by atoms with Gasteiger partial charge in [0.1, 0.15) is 0 Å².